The van der Waals surface area contributed by atoms with E-state index in [-0.39, 0.29) is 31.4 Å². The molecule has 1 aliphatic rings. The molecular formula is C20H19NO6. The smallest absolute Gasteiger partial charge is 0.310 e. The van der Waals surface area contributed by atoms with Crippen LogP contribution < -0.4 is 9.47 Å². The molecule has 2 aromatic rings. The van der Waals surface area contributed by atoms with Crippen LogP contribution in [0.1, 0.15) is 26.3 Å². The van der Waals surface area contributed by atoms with Gasteiger partial charge in [0, 0.05) is 0 Å². The summed E-state index contributed by atoms with van der Waals surface area (Å²) in [5.41, 5.74) is 1.46. The molecule has 0 spiro atoms. The van der Waals surface area contributed by atoms with E-state index < -0.39 is 5.97 Å². The van der Waals surface area contributed by atoms with Gasteiger partial charge in [-0.05, 0) is 29.8 Å². The summed E-state index contributed by atoms with van der Waals surface area (Å²) in [6.45, 7) is -0.0401. The van der Waals surface area contributed by atoms with Crippen LogP contribution >= 0.6 is 0 Å². The minimum atomic E-state index is -0.459. The summed E-state index contributed by atoms with van der Waals surface area (Å²) in [7, 11) is 3.05. The maximum atomic E-state index is 12.2. The highest BCUT2D eigenvalue weighted by atomic mass is 16.5. The van der Waals surface area contributed by atoms with Gasteiger partial charge in [0.05, 0.1) is 38.3 Å². The largest absolute Gasteiger partial charge is 0.493 e. The standard InChI is InChI=1S/C20H19NO6/c1-25-16-8-7-13(11-17(16)26-2)12-18(22)27-10-9-21-19(23)14-5-3-4-6-15(14)20(21)24/h3-8,11H,9-10,12H2,1-2H3. The number of hydrogen-bond acceptors (Lipinski definition) is 6. The van der Waals surface area contributed by atoms with E-state index in [0.29, 0.717) is 28.2 Å². The van der Waals surface area contributed by atoms with E-state index >= 15 is 0 Å². The normalized spacial score (nSPS) is 12.7. The topological polar surface area (TPSA) is 82.1 Å². The molecule has 0 unspecified atom stereocenters. The van der Waals surface area contributed by atoms with E-state index in [1.165, 1.54) is 14.2 Å². The molecule has 1 heterocycles. The van der Waals surface area contributed by atoms with E-state index in [0.717, 1.165) is 4.90 Å². The highest BCUT2D eigenvalue weighted by Crippen LogP contribution is 2.27. The number of fused-ring (bicyclic) bond motifs is 1. The number of rotatable bonds is 7. The molecule has 0 saturated heterocycles. The van der Waals surface area contributed by atoms with Crippen LogP contribution in [-0.4, -0.2) is 50.1 Å². The highest BCUT2D eigenvalue weighted by molar-refractivity contribution is 6.21. The molecule has 0 aliphatic carbocycles. The number of carbonyl (C=O) groups excluding carboxylic acids is 3. The quantitative estimate of drug-likeness (QED) is 0.549. The third kappa shape index (κ3) is 3.76. The van der Waals surface area contributed by atoms with Gasteiger partial charge in [0.2, 0.25) is 0 Å². The highest BCUT2D eigenvalue weighted by Gasteiger charge is 2.34. The number of methoxy groups -OCH3 is 2. The Balaban J connectivity index is 1.53. The van der Waals surface area contributed by atoms with E-state index in [9.17, 15) is 14.4 Å². The van der Waals surface area contributed by atoms with Gasteiger partial charge in [-0.3, -0.25) is 19.3 Å². The summed E-state index contributed by atoms with van der Waals surface area (Å²) >= 11 is 0. The van der Waals surface area contributed by atoms with Gasteiger partial charge in [-0.15, -0.1) is 0 Å². The third-order valence-electron chi connectivity index (χ3n) is 4.25. The average Bonchev–Trinajstić information content (AvgIpc) is 2.93. The first-order valence-electron chi connectivity index (χ1n) is 8.37. The third-order valence-corrected chi connectivity index (χ3v) is 4.25. The van der Waals surface area contributed by atoms with Crippen LogP contribution in [0, 0.1) is 0 Å². The lowest BCUT2D eigenvalue weighted by Crippen LogP contribution is -2.33. The number of esters is 1. The van der Waals surface area contributed by atoms with Crippen molar-refractivity contribution in [2.45, 2.75) is 6.42 Å². The minimum absolute atomic E-state index is 0.0179. The van der Waals surface area contributed by atoms with Gasteiger partial charge in [-0.25, -0.2) is 0 Å². The lowest BCUT2D eigenvalue weighted by molar-refractivity contribution is -0.143. The maximum Gasteiger partial charge on any atom is 0.310 e. The van der Waals surface area contributed by atoms with Crippen molar-refractivity contribution in [3.05, 3.63) is 59.2 Å². The van der Waals surface area contributed by atoms with Crippen molar-refractivity contribution in [3.63, 3.8) is 0 Å². The van der Waals surface area contributed by atoms with Crippen LogP contribution in [0.2, 0.25) is 0 Å². The molecule has 140 valence electrons. The van der Waals surface area contributed by atoms with E-state index in [2.05, 4.69) is 0 Å². The maximum absolute atomic E-state index is 12.2. The van der Waals surface area contributed by atoms with Crippen molar-refractivity contribution in [3.8, 4) is 11.5 Å². The number of benzene rings is 2. The molecule has 2 aromatic carbocycles. The molecule has 2 amide bonds. The van der Waals surface area contributed by atoms with E-state index in [1.807, 2.05) is 0 Å². The van der Waals surface area contributed by atoms with Gasteiger partial charge in [-0.2, -0.15) is 0 Å². The van der Waals surface area contributed by atoms with E-state index in [4.69, 9.17) is 14.2 Å². The Morgan fingerprint density at radius 1 is 0.926 bits per heavy atom. The Morgan fingerprint density at radius 3 is 2.15 bits per heavy atom. The van der Waals surface area contributed by atoms with Gasteiger partial charge in [-0.1, -0.05) is 18.2 Å². The van der Waals surface area contributed by atoms with Gasteiger partial charge in [0.25, 0.3) is 11.8 Å². The Labute approximate surface area is 156 Å². The first-order valence-corrected chi connectivity index (χ1v) is 8.37. The summed E-state index contributed by atoms with van der Waals surface area (Å²) in [6, 6.07) is 11.8. The number of amides is 2. The summed E-state index contributed by atoms with van der Waals surface area (Å²) in [4.78, 5) is 37.6. The first-order chi connectivity index (χ1) is 13.0. The SMILES string of the molecule is COc1ccc(CC(=O)OCCN2C(=O)c3ccccc3C2=O)cc1OC. The lowest BCUT2D eigenvalue weighted by atomic mass is 10.1. The Bertz CT molecular complexity index is 857. The molecule has 0 aromatic heterocycles. The van der Waals surface area contributed by atoms with Crippen LogP contribution in [0.25, 0.3) is 0 Å². The van der Waals surface area contributed by atoms with Crippen molar-refractivity contribution >= 4 is 17.8 Å². The number of nitrogens with zero attached hydrogens (tertiary/aromatic N) is 1. The Morgan fingerprint density at radius 2 is 1.56 bits per heavy atom. The van der Waals surface area contributed by atoms with Gasteiger partial charge < -0.3 is 14.2 Å². The van der Waals surface area contributed by atoms with Crippen LogP contribution in [-0.2, 0) is 16.0 Å². The second-order valence-corrected chi connectivity index (χ2v) is 5.89. The molecule has 27 heavy (non-hydrogen) atoms. The molecular weight excluding hydrogens is 350 g/mol. The monoisotopic (exact) mass is 369 g/mol. The first kappa shape index (κ1) is 18.4. The minimum Gasteiger partial charge on any atom is -0.493 e. The fourth-order valence-corrected chi connectivity index (χ4v) is 2.90. The number of carbonyl (C=O) groups is 3. The van der Waals surface area contributed by atoms with Crippen molar-refractivity contribution in [1.29, 1.82) is 0 Å². The number of imide groups is 1. The zero-order chi connectivity index (χ0) is 19.4. The molecule has 7 heteroatoms. The molecule has 1 aliphatic heterocycles. The molecule has 0 fully saturated rings. The van der Waals surface area contributed by atoms with Crippen molar-refractivity contribution in [2.75, 3.05) is 27.4 Å². The Hall–Kier alpha value is -3.35. The predicted octanol–water partition coefficient (Wildman–Crippen LogP) is 2.09. The summed E-state index contributed by atoms with van der Waals surface area (Å²) in [5.74, 6) is -0.106. The fraction of sp³-hybridized carbons (Fsp3) is 0.250. The molecule has 3 rings (SSSR count). The van der Waals surface area contributed by atoms with Crippen LogP contribution in [0.5, 0.6) is 11.5 Å². The van der Waals surface area contributed by atoms with Crippen molar-refractivity contribution in [1.82, 2.24) is 4.90 Å². The van der Waals surface area contributed by atoms with Crippen molar-refractivity contribution < 1.29 is 28.6 Å². The lowest BCUT2D eigenvalue weighted by Gasteiger charge is -2.14. The van der Waals surface area contributed by atoms with Gasteiger partial charge in [0.15, 0.2) is 11.5 Å². The number of hydrogen-bond donors (Lipinski definition) is 0. The average molecular weight is 369 g/mol. The summed E-state index contributed by atoms with van der Waals surface area (Å²) < 4.78 is 15.5. The summed E-state index contributed by atoms with van der Waals surface area (Å²) in [5, 5.41) is 0. The molecule has 0 N–H and O–H groups in total. The molecule has 0 bridgehead atoms. The van der Waals surface area contributed by atoms with E-state index in [1.54, 1.807) is 42.5 Å². The number of ether oxygens (including phenoxy) is 3. The zero-order valence-corrected chi connectivity index (χ0v) is 15.1. The molecule has 0 saturated carbocycles. The molecule has 0 radical (unpaired) electrons. The van der Waals surface area contributed by atoms with Crippen LogP contribution in [0.4, 0.5) is 0 Å². The van der Waals surface area contributed by atoms with Gasteiger partial charge >= 0.3 is 5.97 Å². The predicted molar refractivity (Wildman–Crippen MR) is 96.0 cm³/mol. The Kier molecular flexibility index (Phi) is 5.40. The van der Waals surface area contributed by atoms with Crippen LogP contribution in [0.15, 0.2) is 42.5 Å². The summed E-state index contributed by atoms with van der Waals surface area (Å²) in [6.07, 6.45) is 0.0441. The second-order valence-electron chi connectivity index (χ2n) is 5.89. The second kappa shape index (κ2) is 7.90. The van der Waals surface area contributed by atoms with Crippen molar-refractivity contribution in [2.24, 2.45) is 0 Å². The zero-order valence-electron chi connectivity index (χ0n) is 15.1. The van der Waals surface area contributed by atoms with Crippen LogP contribution in [0.3, 0.4) is 0 Å². The molecule has 7 nitrogen and oxygen atoms in total. The fourth-order valence-electron chi connectivity index (χ4n) is 2.90. The molecule has 0 atom stereocenters. The van der Waals surface area contributed by atoms with Gasteiger partial charge in [0.1, 0.15) is 6.61 Å².